The molecule has 0 saturated carbocycles. The van der Waals surface area contributed by atoms with Crippen molar-refractivity contribution in [2.45, 2.75) is 38.4 Å². The molecule has 2 N–H and O–H groups in total. The van der Waals surface area contributed by atoms with E-state index in [0.29, 0.717) is 19.0 Å². The Morgan fingerprint density at radius 2 is 1.92 bits per heavy atom. The summed E-state index contributed by atoms with van der Waals surface area (Å²) in [6.45, 7) is 1.90. The topological polar surface area (TPSA) is 98.1 Å². The number of alkyl halides is 3. The van der Waals surface area contributed by atoms with Gasteiger partial charge in [-0.3, -0.25) is 9.59 Å². The van der Waals surface area contributed by atoms with Crippen LogP contribution in [-0.4, -0.2) is 40.3 Å². The van der Waals surface area contributed by atoms with Gasteiger partial charge in [-0.15, -0.1) is 0 Å². The third kappa shape index (κ3) is 6.58. The van der Waals surface area contributed by atoms with Crippen molar-refractivity contribution in [3.05, 3.63) is 71.3 Å². The molecule has 0 aliphatic heterocycles. The molecule has 3 aromatic rings. The second-order valence-electron chi connectivity index (χ2n) is 7.82. The zero-order chi connectivity index (χ0) is 26.3. The normalized spacial score (nSPS) is 12.2. The predicted octanol–water partition coefficient (Wildman–Crippen LogP) is 4.67. The number of rotatable bonds is 10. The molecule has 12 heteroatoms. The van der Waals surface area contributed by atoms with Crippen LogP contribution in [0.3, 0.4) is 0 Å². The number of esters is 1. The number of ether oxygens (including phenoxy) is 1. The Kier molecular flexibility index (Phi) is 8.62. The lowest BCUT2D eigenvalue weighted by atomic mass is 9.95. The number of amides is 1. The summed E-state index contributed by atoms with van der Waals surface area (Å²) < 4.78 is 59.4. The molecule has 0 radical (unpaired) electrons. The molecule has 1 atom stereocenters. The summed E-state index contributed by atoms with van der Waals surface area (Å²) in [5.41, 5.74) is -0.717. The molecule has 1 unspecified atom stereocenters. The van der Waals surface area contributed by atoms with Crippen LogP contribution >= 0.6 is 0 Å². The minimum absolute atomic E-state index is 0.0146. The molecule has 0 spiro atoms. The van der Waals surface area contributed by atoms with Crippen LogP contribution in [0.15, 0.2) is 48.8 Å². The molecule has 1 amide bonds. The summed E-state index contributed by atoms with van der Waals surface area (Å²) in [5, 5.41) is 9.41. The number of pyridine rings is 1. The van der Waals surface area contributed by atoms with Crippen LogP contribution in [0.4, 0.5) is 23.4 Å². The summed E-state index contributed by atoms with van der Waals surface area (Å²) in [7, 11) is 1.24. The van der Waals surface area contributed by atoms with Gasteiger partial charge in [-0.25, -0.2) is 14.1 Å². The minimum atomic E-state index is -4.54. The number of benzene rings is 1. The Labute approximate surface area is 204 Å². The van der Waals surface area contributed by atoms with E-state index in [9.17, 15) is 22.8 Å². The Morgan fingerprint density at radius 3 is 2.58 bits per heavy atom. The standard InChI is InChI=1S/C24H25F4N5O3/c1-3-6-18(22-16(7-4-8-17(22)25)23(35)29-12-11-21(34)36-2)31-19-9-5-10-20(32-19)33-14-15(13-30-33)24(26,27)28/h4-5,7-10,13-14,18H,3,6,11-12H2,1-2H3,(H,29,35)(H,31,32). The zero-order valence-corrected chi connectivity index (χ0v) is 19.6. The molecular weight excluding hydrogens is 482 g/mol. The van der Waals surface area contributed by atoms with Crippen molar-refractivity contribution in [1.29, 1.82) is 0 Å². The van der Waals surface area contributed by atoms with Crippen molar-refractivity contribution < 1.29 is 31.9 Å². The predicted molar refractivity (Wildman–Crippen MR) is 123 cm³/mol. The lowest BCUT2D eigenvalue weighted by Gasteiger charge is -2.23. The Bertz CT molecular complexity index is 1210. The van der Waals surface area contributed by atoms with Crippen molar-refractivity contribution in [2.24, 2.45) is 0 Å². The third-order valence-electron chi connectivity index (χ3n) is 5.27. The molecule has 2 aromatic heterocycles. The van der Waals surface area contributed by atoms with Gasteiger partial charge in [0.15, 0.2) is 5.82 Å². The van der Waals surface area contributed by atoms with Gasteiger partial charge < -0.3 is 15.4 Å². The number of methoxy groups -OCH3 is 1. The number of hydrogen-bond acceptors (Lipinski definition) is 6. The first-order valence-electron chi connectivity index (χ1n) is 11.1. The molecule has 0 fully saturated rings. The Balaban J connectivity index is 1.87. The number of aromatic nitrogens is 3. The second-order valence-corrected chi connectivity index (χ2v) is 7.82. The number of nitrogens with one attached hydrogen (secondary N) is 2. The largest absolute Gasteiger partial charge is 0.469 e. The Hall–Kier alpha value is -3.96. The van der Waals surface area contributed by atoms with Crippen molar-refractivity contribution in [3.8, 4) is 5.82 Å². The van der Waals surface area contributed by atoms with Gasteiger partial charge >= 0.3 is 12.1 Å². The van der Waals surface area contributed by atoms with E-state index in [0.717, 1.165) is 10.9 Å². The van der Waals surface area contributed by atoms with E-state index < -0.39 is 35.5 Å². The van der Waals surface area contributed by atoms with Gasteiger partial charge in [0.25, 0.3) is 5.91 Å². The van der Waals surface area contributed by atoms with E-state index in [1.54, 1.807) is 12.1 Å². The summed E-state index contributed by atoms with van der Waals surface area (Å²) in [5.74, 6) is -1.28. The van der Waals surface area contributed by atoms with Crippen molar-refractivity contribution in [3.63, 3.8) is 0 Å². The monoisotopic (exact) mass is 507 g/mol. The molecule has 0 saturated heterocycles. The summed E-state index contributed by atoms with van der Waals surface area (Å²) in [6, 6.07) is 8.08. The van der Waals surface area contributed by atoms with E-state index >= 15 is 4.39 Å². The van der Waals surface area contributed by atoms with Crippen LogP contribution < -0.4 is 10.6 Å². The van der Waals surface area contributed by atoms with E-state index in [1.807, 2.05) is 6.92 Å². The van der Waals surface area contributed by atoms with Gasteiger partial charge in [0.2, 0.25) is 0 Å². The quantitative estimate of drug-likeness (QED) is 0.306. The van der Waals surface area contributed by atoms with Crippen LogP contribution in [-0.2, 0) is 15.7 Å². The number of carbonyl (C=O) groups is 2. The fraction of sp³-hybridized carbons (Fsp3) is 0.333. The molecular formula is C24H25F4N5O3. The zero-order valence-electron chi connectivity index (χ0n) is 19.6. The number of anilines is 1. The fourth-order valence-corrected chi connectivity index (χ4v) is 3.55. The van der Waals surface area contributed by atoms with Gasteiger partial charge in [-0.2, -0.15) is 18.3 Å². The maximum Gasteiger partial charge on any atom is 0.419 e. The highest BCUT2D eigenvalue weighted by molar-refractivity contribution is 5.96. The van der Waals surface area contributed by atoms with Crippen LogP contribution in [0.5, 0.6) is 0 Å². The average Bonchev–Trinajstić information content (AvgIpc) is 3.35. The third-order valence-corrected chi connectivity index (χ3v) is 5.27. The van der Waals surface area contributed by atoms with Gasteiger partial charge in [-0.05, 0) is 30.7 Å². The SMILES string of the molecule is CCCC(Nc1cccc(-n2cc(C(F)(F)F)cn2)n1)c1c(F)cccc1C(=O)NCCC(=O)OC. The van der Waals surface area contributed by atoms with Crippen LogP contribution in [0.2, 0.25) is 0 Å². The summed E-state index contributed by atoms with van der Waals surface area (Å²) in [4.78, 5) is 28.4. The lowest BCUT2D eigenvalue weighted by Crippen LogP contribution is -2.29. The molecule has 0 aliphatic rings. The second kappa shape index (κ2) is 11.6. The van der Waals surface area contributed by atoms with E-state index in [1.165, 1.54) is 31.4 Å². The summed E-state index contributed by atoms with van der Waals surface area (Å²) >= 11 is 0. The van der Waals surface area contributed by atoms with Crippen LogP contribution in [0, 0.1) is 5.82 Å². The molecule has 8 nitrogen and oxygen atoms in total. The van der Waals surface area contributed by atoms with E-state index in [-0.39, 0.29) is 35.7 Å². The van der Waals surface area contributed by atoms with Crippen LogP contribution in [0.25, 0.3) is 5.82 Å². The molecule has 192 valence electrons. The first-order valence-corrected chi connectivity index (χ1v) is 11.1. The first-order chi connectivity index (χ1) is 17.1. The van der Waals surface area contributed by atoms with Gasteiger partial charge in [0.1, 0.15) is 11.6 Å². The highest BCUT2D eigenvalue weighted by atomic mass is 19.4. The molecule has 1 aromatic carbocycles. The average molecular weight is 507 g/mol. The Morgan fingerprint density at radius 1 is 1.17 bits per heavy atom. The number of carbonyl (C=O) groups excluding carboxylic acids is 2. The number of halogens is 4. The maximum atomic E-state index is 15.0. The van der Waals surface area contributed by atoms with Crippen molar-refractivity contribution in [2.75, 3.05) is 19.0 Å². The van der Waals surface area contributed by atoms with Crippen LogP contribution in [0.1, 0.15) is 53.7 Å². The number of hydrogen-bond donors (Lipinski definition) is 2. The molecule has 0 bridgehead atoms. The first kappa shape index (κ1) is 26.6. The van der Waals surface area contributed by atoms with Crippen molar-refractivity contribution >= 4 is 17.7 Å². The van der Waals surface area contributed by atoms with Gasteiger partial charge in [-0.1, -0.05) is 25.5 Å². The highest BCUT2D eigenvalue weighted by Gasteiger charge is 2.32. The van der Waals surface area contributed by atoms with Crippen molar-refractivity contribution in [1.82, 2.24) is 20.1 Å². The van der Waals surface area contributed by atoms with Gasteiger partial charge in [0, 0.05) is 23.9 Å². The maximum absolute atomic E-state index is 15.0. The fourth-order valence-electron chi connectivity index (χ4n) is 3.55. The summed E-state index contributed by atoms with van der Waals surface area (Å²) in [6.07, 6.45) is -2.00. The number of nitrogens with zero attached hydrogens (tertiary/aromatic N) is 3. The van der Waals surface area contributed by atoms with E-state index in [4.69, 9.17) is 0 Å². The lowest BCUT2D eigenvalue weighted by molar-refractivity contribution is -0.140. The highest BCUT2D eigenvalue weighted by Crippen LogP contribution is 2.30. The minimum Gasteiger partial charge on any atom is -0.469 e. The van der Waals surface area contributed by atoms with Gasteiger partial charge in [0.05, 0.1) is 31.3 Å². The van der Waals surface area contributed by atoms with E-state index in [2.05, 4.69) is 25.5 Å². The molecule has 2 heterocycles. The molecule has 36 heavy (non-hydrogen) atoms. The smallest absolute Gasteiger partial charge is 0.419 e. The molecule has 0 aliphatic carbocycles. The molecule has 3 rings (SSSR count).